The van der Waals surface area contributed by atoms with Gasteiger partial charge in [-0.1, -0.05) is 0 Å². The number of nitrogens with one attached hydrogen (secondary N) is 1. The van der Waals surface area contributed by atoms with Crippen LogP contribution in [-0.2, 0) is 11.2 Å². The van der Waals surface area contributed by atoms with Crippen molar-refractivity contribution in [3.63, 3.8) is 0 Å². The van der Waals surface area contributed by atoms with E-state index >= 15 is 0 Å². The molecule has 2 aromatic rings. The number of phenols is 1. The summed E-state index contributed by atoms with van der Waals surface area (Å²) < 4.78 is 0. The number of aromatic hydroxyl groups is 1. The molecule has 3 N–H and O–H groups in total. The van der Waals surface area contributed by atoms with Gasteiger partial charge < -0.3 is 15.2 Å². The van der Waals surface area contributed by atoms with Crippen LogP contribution < -0.4 is 5.43 Å². The lowest BCUT2D eigenvalue weighted by molar-refractivity contribution is -0.136. The molecule has 0 radical (unpaired) electrons. The Labute approximate surface area is 90.0 Å². The highest BCUT2D eigenvalue weighted by Gasteiger charge is 2.08. The van der Waals surface area contributed by atoms with Crippen molar-refractivity contribution in [1.29, 1.82) is 0 Å². The Kier molecular flexibility index (Phi) is 2.36. The van der Waals surface area contributed by atoms with E-state index in [0.29, 0.717) is 10.9 Å². The number of pyridine rings is 1. The molecule has 0 fully saturated rings. The third-order valence-electron chi connectivity index (χ3n) is 2.28. The molecule has 0 bridgehead atoms. The van der Waals surface area contributed by atoms with Crippen LogP contribution in [0.5, 0.6) is 5.75 Å². The maximum Gasteiger partial charge on any atom is 0.308 e. The normalized spacial score (nSPS) is 10.5. The highest BCUT2D eigenvalue weighted by atomic mass is 16.4. The largest absolute Gasteiger partial charge is 0.508 e. The number of H-pyrrole nitrogens is 1. The Hall–Kier alpha value is -2.30. The van der Waals surface area contributed by atoms with E-state index in [2.05, 4.69) is 4.98 Å². The van der Waals surface area contributed by atoms with Crippen LogP contribution in [0.25, 0.3) is 10.9 Å². The monoisotopic (exact) mass is 219 g/mol. The van der Waals surface area contributed by atoms with Crippen LogP contribution in [0, 0.1) is 0 Å². The predicted molar refractivity (Wildman–Crippen MR) is 57.6 cm³/mol. The van der Waals surface area contributed by atoms with Crippen LogP contribution in [0.15, 0.2) is 29.2 Å². The number of hydrogen-bond donors (Lipinski definition) is 3. The molecular weight excluding hydrogens is 210 g/mol. The molecule has 1 aromatic heterocycles. The van der Waals surface area contributed by atoms with Gasteiger partial charge in [-0.25, -0.2) is 0 Å². The topological polar surface area (TPSA) is 90.4 Å². The average Bonchev–Trinajstić information content (AvgIpc) is 2.22. The maximum absolute atomic E-state index is 11.8. The smallest absolute Gasteiger partial charge is 0.308 e. The van der Waals surface area contributed by atoms with Crippen molar-refractivity contribution < 1.29 is 15.0 Å². The lowest BCUT2D eigenvalue weighted by Crippen LogP contribution is -2.14. The minimum Gasteiger partial charge on any atom is -0.508 e. The zero-order valence-electron chi connectivity index (χ0n) is 8.23. The SMILES string of the molecule is O=C(O)Cc1c[nH]c2ccc(O)cc2c1=O. The second-order valence-electron chi connectivity index (χ2n) is 3.44. The minimum atomic E-state index is -1.06. The van der Waals surface area contributed by atoms with E-state index < -0.39 is 5.97 Å². The first-order valence-corrected chi connectivity index (χ1v) is 4.63. The van der Waals surface area contributed by atoms with Crippen molar-refractivity contribution in [2.24, 2.45) is 0 Å². The van der Waals surface area contributed by atoms with Gasteiger partial charge in [0, 0.05) is 22.7 Å². The molecule has 0 aliphatic rings. The van der Waals surface area contributed by atoms with E-state index in [1.54, 1.807) is 6.07 Å². The van der Waals surface area contributed by atoms with Gasteiger partial charge in [0.2, 0.25) is 0 Å². The predicted octanol–water partition coefficient (Wildman–Crippen LogP) is 0.861. The van der Waals surface area contributed by atoms with Gasteiger partial charge in [0.25, 0.3) is 0 Å². The highest BCUT2D eigenvalue weighted by Crippen LogP contribution is 2.15. The molecule has 16 heavy (non-hydrogen) atoms. The van der Waals surface area contributed by atoms with Crippen molar-refractivity contribution in [2.45, 2.75) is 6.42 Å². The number of aliphatic carboxylic acids is 1. The van der Waals surface area contributed by atoms with Crippen LogP contribution in [0.4, 0.5) is 0 Å². The third kappa shape index (κ3) is 1.75. The first kappa shape index (κ1) is 10.2. The van der Waals surface area contributed by atoms with E-state index in [1.807, 2.05) is 0 Å². The molecule has 1 heterocycles. The lowest BCUT2D eigenvalue weighted by atomic mass is 10.1. The first-order valence-electron chi connectivity index (χ1n) is 4.63. The molecule has 0 saturated heterocycles. The molecule has 0 unspecified atom stereocenters. The number of phenolic OH excluding ortho intramolecular Hbond substituents is 1. The number of aromatic amines is 1. The summed E-state index contributed by atoms with van der Waals surface area (Å²) in [4.78, 5) is 25.2. The molecule has 0 atom stereocenters. The Bertz CT molecular complexity index is 615. The second kappa shape index (κ2) is 3.69. The average molecular weight is 219 g/mol. The van der Waals surface area contributed by atoms with Crippen LogP contribution in [-0.4, -0.2) is 21.2 Å². The Morgan fingerprint density at radius 2 is 2.12 bits per heavy atom. The Morgan fingerprint density at radius 1 is 1.38 bits per heavy atom. The van der Waals surface area contributed by atoms with Gasteiger partial charge in [-0.15, -0.1) is 0 Å². The minimum absolute atomic E-state index is 0.0227. The number of benzene rings is 1. The summed E-state index contributed by atoms with van der Waals surface area (Å²) in [5.74, 6) is -1.09. The standard InChI is InChI=1S/C11H9NO4/c13-7-1-2-9-8(4-7)11(16)6(5-12-9)3-10(14)15/h1-2,4-5,13H,3H2,(H,12,16)(H,14,15). The number of hydrogen-bond acceptors (Lipinski definition) is 3. The van der Waals surface area contributed by atoms with E-state index in [0.717, 1.165) is 0 Å². The van der Waals surface area contributed by atoms with Gasteiger partial charge in [0.1, 0.15) is 5.75 Å². The summed E-state index contributed by atoms with van der Waals surface area (Å²) in [5, 5.41) is 18.2. The first-order chi connectivity index (χ1) is 7.58. The summed E-state index contributed by atoms with van der Waals surface area (Å²) in [5.41, 5.74) is 0.370. The van der Waals surface area contributed by atoms with Crippen molar-refractivity contribution in [2.75, 3.05) is 0 Å². The second-order valence-corrected chi connectivity index (χ2v) is 3.44. The zero-order valence-corrected chi connectivity index (χ0v) is 8.23. The molecule has 0 aliphatic carbocycles. The van der Waals surface area contributed by atoms with Gasteiger partial charge in [0.05, 0.1) is 6.42 Å². The van der Waals surface area contributed by atoms with E-state index in [4.69, 9.17) is 5.11 Å². The fraction of sp³-hybridized carbons (Fsp3) is 0.0909. The van der Waals surface area contributed by atoms with Gasteiger partial charge in [-0.2, -0.15) is 0 Å². The molecule has 0 aliphatic heterocycles. The summed E-state index contributed by atoms with van der Waals surface area (Å²) in [6.07, 6.45) is 1.05. The number of carbonyl (C=O) groups is 1. The number of aromatic nitrogens is 1. The molecule has 0 spiro atoms. The molecule has 1 aromatic carbocycles. The van der Waals surface area contributed by atoms with Crippen LogP contribution in [0.3, 0.4) is 0 Å². The summed E-state index contributed by atoms with van der Waals surface area (Å²) in [7, 11) is 0. The molecule has 82 valence electrons. The van der Waals surface area contributed by atoms with Crippen molar-refractivity contribution in [1.82, 2.24) is 4.98 Å². The van der Waals surface area contributed by atoms with Crippen LogP contribution >= 0.6 is 0 Å². The molecule has 2 rings (SSSR count). The van der Waals surface area contributed by atoms with Crippen LogP contribution in [0.2, 0.25) is 0 Å². The van der Waals surface area contributed by atoms with Crippen molar-refractivity contribution in [3.05, 3.63) is 40.2 Å². The lowest BCUT2D eigenvalue weighted by Gasteiger charge is -2.01. The summed E-state index contributed by atoms with van der Waals surface area (Å²) in [6, 6.07) is 4.34. The molecule has 5 heteroatoms. The zero-order chi connectivity index (χ0) is 11.7. The van der Waals surface area contributed by atoms with Gasteiger partial charge in [-0.05, 0) is 18.2 Å². The van der Waals surface area contributed by atoms with Crippen molar-refractivity contribution in [3.8, 4) is 5.75 Å². The molecule has 5 nitrogen and oxygen atoms in total. The highest BCUT2D eigenvalue weighted by molar-refractivity contribution is 5.81. The van der Waals surface area contributed by atoms with Gasteiger partial charge in [0.15, 0.2) is 5.43 Å². The summed E-state index contributed by atoms with van der Waals surface area (Å²) in [6.45, 7) is 0. The van der Waals surface area contributed by atoms with E-state index in [9.17, 15) is 14.7 Å². The van der Waals surface area contributed by atoms with Gasteiger partial charge >= 0.3 is 5.97 Å². The Balaban J connectivity index is 2.68. The molecule has 0 saturated carbocycles. The Morgan fingerprint density at radius 3 is 2.81 bits per heavy atom. The quantitative estimate of drug-likeness (QED) is 0.698. The number of carboxylic acid groups (broad SMARTS) is 1. The van der Waals surface area contributed by atoms with Crippen LogP contribution in [0.1, 0.15) is 5.56 Å². The number of rotatable bonds is 2. The van der Waals surface area contributed by atoms with Gasteiger partial charge in [-0.3, -0.25) is 9.59 Å². The number of fused-ring (bicyclic) bond motifs is 1. The molecular formula is C11H9NO4. The number of carboxylic acids is 1. The van der Waals surface area contributed by atoms with E-state index in [1.165, 1.54) is 18.3 Å². The third-order valence-corrected chi connectivity index (χ3v) is 2.28. The fourth-order valence-corrected chi connectivity index (χ4v) is 1.54. The fourth-order valence-electron chi connectivity index (χ4n) is 1.54. The van der Waals surface area contributed by atoms with Crippen molar-refractivity contribution >= 4 is 16.9 Å². The summed E-state index contributed by atoms with van der Waals surface area (Å²) >= 11 is 0. The maximum atomic E-state index is 11.8. The molecule has 0 amide bonds. The van der Waals surface area contributed by atoms with E-state index in [-0.39, 0.29) is 23.2 Å².